The molecule has 0 radical (unpaired) electrons. The highest BCUT2D eigenvalue weighted by atomic mass is 32.2. The molecule has 0 fully saturated rings. The molecule has 1 unspecified atom stereocenters. The maximum absolute atomic E-state index is 12.8. The summed E-state index contributed by atoms with van der Waals surface area (Å²) in [5, 5.41) is 0. The third-order valence-corrected chi connectivity index (χ3v) is 4.13. The zero-order valence-corrected chi connectivity index (χ0v) is 10.8. The summed E-state index contributed by atoms with van der Waals surface area (Å²) in [6.45, 7) is 1.98. The lowest BCUT2D eigenvalue weighted by Crippen LogP contribution is -2.12. The summed E-state index contributed by atoms with van der Waals surface area (Å²) in [7, 11) is -2.66. The van der Waals surface area contributed by atoms with E-state index in [0.29, 0.717) is 4.90 Å². The summed E-state index contributed by atoms with van der Waals surface area (Å²) in [4.78, 5) is 0.476. The van der Waals surface area contributed by atoms with E-state index in [0.717, 1.165) is 11.3 Å². The molecule has 4 heteroatoms. The second-order valence-corrected chi connectivity index (χ2v) is 6.12. The molecule has 0 bridgehead atoms. The molecular formula is C14H14FNOS. The molecule has 94 valence electrons. The number of benzene rings is 2. The Kier molecular flexibility index (Phi) is 3.39. The van der Waals surface area contributed by atoms with Crippen molar-refractivity contribution in [2.24, 2.45) is 0 Å². The number of rotatable bonds is 3. The van der Waals surface area contributed by atoms with Crippen LogP contribution >= 0.6 is 0 Å². The van der Waals surface area contributed by atoms with Crippen LogP contribution in [0.1, 0.15) is 5.56 Å². The fourth-order valence-electron chi connectivity index (χ4n) is 1.53. The molecular weight excluding hydrogens is 249 g/mol. The summed E-state index contributed by atoms with van der Waals surface area (Å²) in [6, 6.07) is 13.0. The van der Waals surface area contributed by atoms with E-state index in [1.807, 2.05) is 31.2 Å². The molecule has 0 aromatic heterocycles. The Balaban J connectivity index is 2.27. The topological polar surface area (TPSA) is 29.1 Å². The summed E-state index contributed by atoms with van der Waals surface area (Å²) in [5.74, 6) is 3.32. The van der Waals surface area contributed by atoms with Crippen molar-refractivity contribution in [3.63, 3.8) is 0 Å². The third kappa shape index (κ3) is 2.90. The first-order valence-corrected chi connectivity index (χ1v) is 7.17. The quantitative estimate of drug-likeness (QED) is 0.846. The van der Waals surface area contributed by atoms with Gasteiger partial charge in [-0.15, -0.1) is 0 Å². The van der Waals surface area contributed by atoms with Crippen molar-refractivity contribution in [1.29, 1.82) is 0 Å². The number of halogens is 1. The van der Waals surface area contributed by atoms with Gasteiger partial charge in [-0.2, -0.15) is 0 Å². The smallest absolute Gasteiger partial charge is 0.123 e. The van der Waals surface area contributed by atoms with Crippen LogP contribution in [-0.4, -0.2) is 10.1 Å². The van der Waals surface area contributed by atoms with Crippen molar-refractivity contribution in [3.05, 3.63) is 59.9 Å². The lowest BCUT2D eigenvalue weighted by molar-refractivity contribution is 0.626. The lowest BCUT2D eigenvalue weighted by atomic mass is 10.2. The van der Waals surface area contributed by atoms with Gasteiger partial charge >= 0.3 is 0 Å². The Morgan fingerprint density at radius 1 is 1.06 bits per heavy atom. The van der Waals surface area contributed by atoms with Crippen LogP contribution in [0, 0.1) is 12.7 Å². The van der Waals surface area contributed by atoms with Gasteiger partial charge in [0.05, 0.1) is 9.71 Å². The molecule has 2 aromatic rings. The van der Waals surface area contributed by atoms with Gasteiger partial charge in [-0.25, -0.2) is 8.60 Å². The molecule has 18 heavy (non-hydrogen) atoms. The largest absolute Gasteiger partial charge is 0.309 e. The van der Waals surface area contributed by atoms with E-state index in [9.17, 15) is 8.60 Å². The number of hydrogen-bond donors (Lipinski definition) is 1. The molecule has 0 heterocycles. The van der Waals surface area contributed by atoms with Crippen LogP contribution in [0.3, 0.4) is 0 Å². The highest BCUT2D eigenvalue weighted by molar-refractivity contribution is 8.01. The van der Waals surface area contributed by atoms with Gasteiger partial charge in [-0.05, 0) is 49.2 Å². The Morgan fingerprint density at radius 2 is 1.61 bits per heavy atom. The monoisotopic (exact) mass is 263 g/mol. The standard InChI is InChI=1S/C14H14FNOS/c1-11-3-7-13(8-4-11)16-18(2,17)14-9-5-12(15)6-10-14/h3-10H,2H2,1H3,(H,16,17). The number of anilines is 1. The van der Waals surface area contributed by atoms with Crippen molar-refractivity contribution in [2.75, 3.05) is 4.72 Å². The van der Waals surface area contributed by atoms with Gasteiger partial charge in [0.2, 0.25) is 0 Å². The summed E-state index contributed by atoms with van der Waals surface area (Å²) >= 11 is 0. The van der Waals surface area contributed by atoms with E-state index >= 15 is 0 Å². The predicted molar refractivity (Wildman–Crippen MR) is 74.7 cm³/mol. The fourth-order valence-corrected chi connectivity index (χ4v) is 2.74. The van der Waals surface area contributed by atoms with Crippen molar-refractivity contribution in [3.8, 4) is 0 Å². The summed E-state index contributed by atoms with van der Waals surface area (Å²) in [5.41, 5.74) is 1.85. The Labute approximate surface area is 107 Å². The lowest BCUT2D eigenvalue weighted by Gasteiger charge is -2.13. The first kappa shape index (κ1) is 12.6. The first-order valence-electron chi connectivity index (χ1n) is 5.45. The molecule has 0 aliphatic carbocycles. The van der Waals surface area contributed by atoms with Crippen LogP contribution in [0.2, 0.25) is 0 Å². The minimum Gasteiger partial charge on any atom is -0.309 e. The van der Waals surface area contributed by atoms with E-state index in [-0.39, 0.29) is 5.82 Å². The molecule has 0 saturated heterocycles. The summed E-state index contributed by atoms with van der Waals surface area (Å²) in [6.07, 6.45) is 0. The van der Waals surface area contributed by atoms with Crippen LogP contribution in [0.5, 0.6) is 0 Å². The van der Waals surface area contributed by atoms with Gasteiger partial charge in [0, 0.05) is 10.6 Å². The molecule has 0 aliphatic heterocycles. The maximum atomic E-state index is 12.8. The van der Waals surface area contributed by atoms with E-state index in [4.69, 9.17) is 0 Å². The SMILES string of the molecule is C=S(=O)(Nc1ccc(C)cc1)c1ccc(F)cc1. The molecule has 2 rings (SSSR count). The molecule has 0 spiro atoms. The van der Waals surface area contributed by atoms with E-state index < -0.39 is 9.71 Å². The predicted octanol–water partition coefficient (Wildman–Crippen LogP) is 3.24. The summed E-state index contributed by atoms with van der Waals surface area (Å²) < 4.78 is 28.1. The molecule has 1 N–H and O–H groups in total. The van der Waals surface area contributed by atoms with Crippen LogP contribution < -0.4 is 4.72 Å². The van der Waals surface area contributed by atoms with E-state index in [1.54, 1.807) is 0 Å². The highest BCUT2D eigenvalue weighted by Crippen LogP contribution is 2.16. The van der Waals surface area contributed by atoms with Crippen LogP contribution in [0.4, 0.5) is 10.1 Å². The zero-order chi connectivity index (χ0) is 13.2. The van der Waals surface area contributed by atoms with Crippen LogP contribution in [-0.2, 0) is 9.71 Å². The van der Waals surface area contributed by atoms with Crippen molar-refractivity contribution in [1.82, 2.24) is 0 Å². The van der Waals surface area contributed by atoms with Gasteiger partial charge in [-0.3, -0.25) is 0 Å². The average molecular weight is 263 g/mol. The highest BCUT2D eigenvalue weighted by Gasteiger charge is 2.07. The first-order chi connectivity index (χ1) is 8.47. The van der Waals surface area contributed by atoms with Gasteiger partial charge < -0.3 is 4.72 Å². The molecule has 1 atom stereocenters. The molecule has 0 aliphatic rings. The van der Waals surface area contributed by atoms with E-state index in [1.165, 1.54) is 24.3 Å². The van der Waals surface area contributed by atoms with Gasteiger partial charge in [0.1, 0.15) is 5.82 Å². The third-order valence-electron chi connectivity index (χ3n) is 2.53. The number of aryl methyl sites for hydroxylation is 1. The minimum absolute atomic E-state index is 0.357. The van der Waals surface area contributed by atoms with Gasteiger partial charge in [0.15, 0.2) is 0 Å². The number of hydrogen-bond acceptors (Lipinski definition) is 1. The molecule has 2 aromatic carbocycles. The molecule has 2 nitrogen and oxygen atoms in total. The maximum Gasteiger partial charge on any atom is 0.123 e. The van der Waals surface area contributed by atoms with E-state index in [2.05, 4.69) is 10.6 Å². The molecule has 0 amide bonds. The normalized spacial score (nSPS) is 13.9. The van der Waals surface area contributed by atoms with Gasteiger partial charge in [0.25, 0.3) is 0 Å². The number of nitrogens with one attached hydrogen (secondary N) is 1. The van der Waals surface area contributed by atoms with Crippen molar-refractivity contribution >= 4 is 21.3 Å². The van der Waals surface area contributed by atoms with Crippen LogP contribution in [0.25, 0.3) is 0 Å². The van der Waals surface area contributed by atoms with Gasteiger partial charge in [-0.1, -0.05) is 17.7 Å². The van der Waals surface area contributed by atoms with Crippen molar-refractivity contribution < 1.29 is 8.60 Å². The second kappa shape index (κ2) is 4.82. The van der Waals surface area contributed by atoms with Crippen molar-refractivity contribution in [2.45, 2.75) is 11.8 Å². The zero-order valence-electron chi connectivity index (χ0n) is 10.0. The van der Waals surface area contributed by atoms with Crippen LogP contribution in [0.15, 0.2) is 53.4 Å². The Hall–Kier alpha value is -1.81. The second-order valence-electron chi connectivity index (χ2n) is 4.10. The average Bonchev–Trinajstić information content (AvgIpc) is 2.32. The Morgan fingerprint density at radius 3 is 2.17 bits per heavy atom. The molecule has 0 saturated carbocycles. The Bertz CT molecular complexity index is 630. The fraction of sp³-hybridized carbons (Fsp3) is 0.0714. The minimum atomic E-state index is -2.66.